The SMILES string of the molecule is CC.CC1C2CC1CN(C(=O)N(C)C)C2. The summed E-state index contributed by atoms with van der Waals surface area (Å²) in [4.78, 5) is 15.3. The third-order valence-electron chi connectivity index (χ3n) is 3.66. The van der Waals surface area contributed by atoms with E-state index in [1.165, 1.54) is 6.42 Å². The summed E-state index contributed by atoms with van der Waals surface area (Å²) in [5, 5.41) is 0. The highest BCUT2D eigenvalue weighted by Crippen LogP contribution is 2.44. The number of rotatable bonds is 0. The monoisotopic (exact) mass is 212 g/mol. The van der Waals surface area contributed by atoms with Crippen LogP contribution in [-0.4, -0.2) is 43.0 Å². The third-order valence-corrected chi connectivity index (χ3v) is 3.66. The third kappa shape index (κ3) is 2.27. The average Bonchev–Trinajstić information content (AvgIpc) is 2.30. The number of hydrogen-bond donors (Lipinski definition) is 0. The molecule has 2 atom stereocenters. The Balaban J connectivity index is 0.000000531. The van der Waals surface area contributed by atoms with Gasteiger partial charge in [0, 0.05) is 27.2 Å². The molecule has 15 heavy (non-hydrogen) atoms. The Morgan fingerprint density at radius 2 is 1.67 bits per heavy atom. The summed E-state index contributed by atoms with van der Waals surface area (Å²) < 4.78 is 0. The van der Waals surface area contributed by atoms with Gasteiger partial charge in [0.15, 0.2) is 0 Å². The summed E-state index contributed by atoms with van der Waals surface area (Å²) in [6.07, 6.45) is 1.35. The molecule has 0 aromatic rings. The first-order chi connectivity index (χ1) is 7.09. The van der Waals surface area contributed by atoms with Gasteiger partial charge in [0.2, 0.25) is 0 Å². The molecule has 2 heterocycles. The molecule has 2 saturated heterocycles. The van der Waals surface area contributed by atoms with E-state index in [1.807, 2.05) is 32.8 Å². The highest BCUT2D eigenvalue weighted by Gasteiger charge is 2.45. The minimum Gasteiger partial charge on any atom is -0.331 e. The van der Waals surface area contributed by atoms with Crippen LogP contribution in [0.15, 0.2) is 0 Å². The van der Waals surface area contributed by atoms with Crippen LogP contribution in [0.1, 0.15) is 27.2 Å². The van der Waals surface area contributed by atoms with Crippen molar-refractivity contribution in [2.45, 2.75) is 27.2 Å². The summed E-state index contributed by atoms with van der Waals surface area (Å²) >= 11 is 0. The van der Waals surface area contributed by atoms with Crippen molar-refractivity contribution in [2.75, 3.05) is 27.2 Å². The molecular formula is C12H24N2O. The summed E-state index contributed by atoms with van der Waals surface area (Å²) in [6.45, 7) is 8.28. The summed E-state index contributed by atoms with van der Waals surface area (Å²) in [6, 6.07) is 0.182. The van der Waals surface area contributed by atoms with E-state index in [1.54, 1.807) is 4.90 Å². The number of carbonyl (C=O) groups is 1. The Kier molecular flexibility index (Phi) is 4.00. The lowest BCUT2D eigenvalue weighted by Crippen LogP contribution is -2.57. The van der Waals surface area contributed by atoms with Crippen molar-refractivity contribution in [3.63, 3.8) is 0 Å². The molecule has 1 saturated carbocycles. The lowest BCUT2D eigenvalue weighted by Gasteiger charge is -2.52. The molecule has 0 radical (unpaired) electrons. The molecule has 0 N–H and O–H groups in total. The lowest BCUT2D eigenvalue weighted by atomic mass is 9.62. The maximum atomic E-state index is 11.6. The number of fused-ring (bicyclic) bond motifs is 2. The summed E-state index contributed by atoms with van der Waals surface area (Å²) in [5.41, 5.74) is 0. The van der Waals surface area contributed by atoms with Gasteiger partial charge < -0.3 is 9.80 Å². The van der Waals surface area contributed by atoms with Crippen molar-refractivity contribution in [1.82, 2.24) is 9.80 Å². The van der Waals surface area contributed by atoms with E-state index in [0.29, 0.717) is 0 Å². The number of amides is 2. The first-order valence-electron chi connectivity index (χ1n) is 6.06. The van der Waals surface area contributed by atoms with Crippen LogP contribution in [0.3, 0.4) is 0 Å². The molecule has 2 amide bonds. The Morgan fingerprint density at radius 3 is 2.00 bits per heavy atom. The van der Waals surface area contributed by atoms with Gasteiger partial charge >= 0.3 is 6.03 Å². The van der Waals surface area contributed by atoms with Gasteiger partial charge in [0.25, 0.3) is 0 Å². The van der Waals surface area contributed by atoms with E-state index in [-0.39, 0.29) is 6.03 Å². The second kappa shape index (κ2) is 4.86. The predicted molar refractivity (Wildman–Crippen MR) is 62.8 cm³/mol. The van der Waals surface area contributed by atoms with E-state index in [4.69, 9.17) is 0 Å². The van der Waals surface area contributed by atoms with E-state index in [0.717, 1.165) is 30.8 Å². The molecule has 3 heteroatoms. The van der Waals surface area contributed by atoms with Crippen LogP contribution in [0.25, 0.3) is 0 Å². The van der Waals surface area contributed by atoms with E-state index in [2.05, 4.69) is 6.92 Å². The van der Waals surface area contributed by atoms with Gasteiger partial charge in [-0.25, -0.2) is 4.79 Å². The molecule has 88 valence electrons. The molecular weight excluding hydrogens is 188 g/mol. The highest BCUT2D eigenvalue weighted by molar-refractivity contribution is 5.74. The van der Waals surface area contributed by atoms with Crippen molar-refractivity contribution in [1.29, 1.82) is 0 Å². The Hall–Kier alpha value is -0.730. The molecule has 3 nitrogen and oxygen atoms in total. The molecule has 2 aliphatic heterocycles. The topological polar surface area (TPSA) is 23.6 Å². The lowest BCUT2D eigenvalue weighted by molar-refractivity contribution is -0.0184. The van der Waals surface area contributed by atoms with Crippen LogP contribution in [0, 0.1) is 17.8 Å². The van der Waals surface area contributed by atoms with Crippen molar-refractivity contribution in [3.8, 4) is 0 Å². The van der Waals surface area contributed by atoms with E-state index >= 15 is 0 Å². The van der Waals surface area contributed by atoms with Crippen LogP contribution < -0.4 is 0 Å². The molecule has 1 aliphatic carbocycles. The minimum atomic E-state index is 0.182. The van der Waals surface area contributed by atoms with Crippen molar-refractivity contribution >= 4 is 6.03 Å². The maximum Gasteiger partial charge on any atom is 0.319 e. The Labute approximate surface area is 93.4 Å². The molecule has 3 aliphatic rings. The van der Waals surface area contributed by atoms with Crippen molar-refractivity contribution < 1.29 is 4.79 Å². The zero-order valence-electron chi connectivity index (χ0n) is 10.7. The number of urea groups is 1. The van der Waals surface area contributed by atoms with Gasteiger partial charge in [-0.2, -0.15) is 0 Å². The highest BCUT2D eigenvalue weighted by atomic mass is 16.2. The minimum absolute atomic E-state index is 0.182. The van der Waals surface area contributed by atoms with Gasteiger partial charge in [0.1, 0.15) is 0 Å². The quantitative estimate of drug-likeness (QED) is 0.604. The van der Waals surface area contributed by atoms with Crippen molar-refractivity contribution in [2.24, 2.45) is 17.8 Å². The second-order valence-corrected chi connectivity index (χ2v) is 4.70. The number of hydrogen-bond acceptors (Lipinski definition) is 1. The molecule has 0 aromatic heterocycles. The second-order valence-electron chi connectivity index (χ2n) is 4.70. The van der Waals surface area contributed by atoms with Crippen LogP contribution >= 0.6 is 0 Å². The van der Waals surface area contributed by atoms with Gasteiger partial charge in [-0.05, 0) is 24.2 Å². The standard InChI is InChI=1S/C10H18N2O.C2H6/c1-7-8-4-9(7)6-12(5-8)10(13)11(2)3;1-2/h7-9H,4-6H2,1-3H3;1-2H3. The summed E-state index contributed by atoms with van der Waals surface area (Å²) in [5.74, 6) is 2.41. The van der Waals surface area contributed by atoms with Crippen LogP contribution in [0.4, 0.5) is 4.79 Å². The fourth-order valence-electron chi connectivity index (χ4n) is 2.57. The van der Waals surface area contributed by atoms with Crippen LogP contribution in [-0.2, 0) is 0 Å². The molecule has 3 fully saturated rings. The normalized spacial score (nSPS) is 32.3. The fraction of sp³-hybridized carbons (Fsp3) is 0.917. The number of carbonyl (C=O) groups excluding carboxylic acids is 1. The summed E-state index contributed by atoms with van der Waals surface area (Å²) in [7, 11) is 3.65. The molecule has 2 bridgehead atoms. The Morgan fingerprint density at radius 1 is 1.20 bits per heavy atom. The molecule has 0 aromatic carbocycles. The van der Waals surface area contributed by atoms with Crippen LogP contribution in [0.5, 0.6) is 0 Å². The largest absolute Gasteiger partial charge is 0.331 e. The fourth-order valence-corrected chi connectivity index (χ4v) is 2.57. The van der Waals surface area contributed by atoms with Gasteiger partial charge in [0.05, 0.1) is 0 Å². The maximum absolute atomic E-state index is 11.6. The smallest absolute Gasteiger partial charge is 0.319 e. The first kappa shape index (κ1) is 12.3. The number of piperidine rings is 2. The van der Waals surface area contributed by atoms with E-state index < -0.39 is 0 Å². The molecule has 3 rings (SSSR count). The zero-order chi connectivity index (χ0) is 11.6. The average molecular weight is 212 g/mol. The molecule has 0 spiro atoms. The van der Waals surface area contributed by atoms with E-state index in [9.17, 15) is 4.79 Å². The number of nitrogens with zero attached hydrogens (tertiary/aromatic N) is 2. The van der Waals surface area contributed by atoms with Gasteiger partial charge in [-0.15, -0.1) is 0 Å². The Bertz CT molecular complexity index is 216. The predicted octanol–water partition coefficient (Wildman–Crippen LogP) is 2.28. The zero-order valence-corrected chi connectivity index (χ0v) is 10.7. The van der Waals surface area contributed by atoms with Gasteiger partial charge in [-0.3, -0.25) is 0 Å². The first-order valence-corrected chi connectivity index (χ1v) is 6.06. The molecule has 2 unspecified atom stereocenters. The van der Waals surface area contributed by atoms with Crippen molar-refractivity contribution in [3.05, 3.63) is 0 Å². The van der Waals surface area contributed by atoms with Crippen LogP contribution in [0.2, 0.25) is 0 Å². The van der Waals surface area contributed by atoms with Gasteiger partial charge in [-0.1, -0.05) is 20.8 Å².